The Morgan fingerprint density at radius 1 is 1.17 bits per heavy atom. The van der Waals surface area contributed by atoms with Crippen LogP contribution in [0.3, 0.4) is 0 Å². The van der Waals surface area contributed by atoms with E-state index in [1.54, 1.807) is 24.5 Å². The number of rotatable bonds is 4. The number of hydrogen-bond donors (Lipinski definition) is 1. The molecule has 5 rings (SSSR count). The lowest BCUT2D eigenvalue weighted by molar-refractivity contribution is -0.140. The number of aromatic nitrogens is 1. The van der Waals surface area contributed by atoms with Crippen LogP contribution >= 0.6 is 0 Å². The van der Waals surface area contributed by atoms with Gasteiger partial charge in [-0.25, -0.2) is 0 Å². The highest BCUT2D eigenvalue weighted by atomic mass is 16.2. The molecule has 1 aliphatic heterocycles. The molecule has 2 bridgehead atoms. The standard InChI is InChI=1S/C18H19N3O3/c22-14(20-13-2-1-8-19-10-13)7-9-21-17(23)15-11-3-4-12(6-5-11)16(15)18(21)24/h1-4,8,10-12,15-16H,5-7,9H2,(H,20,22)/t11-,12-,15-,16+/m0/s1. The van der Waals surface area contributed by atoms with Crippen molar-refractivity contribution in [2.45, 2.75) is 19.3 Å². The van der Waals surface area contributed by atoms with Crippen LogP contribution in [0.25, 0.3) is 0 Å². The van der Waals surface area contributed by atoms with Crippen LogP contribution in [0.1, 0.15) is 19.3 Å². The molecule has 0 radical (unpaired) electrons. The number of carbonyl (C=O) groups is 3. The van der Waals surface area contributed by atoms with Gasteiger partial charge < -0.3 is 5.32 Å². The van der Waals surface area contributed by atoms with E-state index < -0.39 is 0 Å². The first-order valence-corrected chi connectivity index (χ1v) is 8.38. The normalized spacial score (nSPS) is 30.6. The van der Waals surface area contributed by atoms with Crippen molar-refractivity contribution >= 4 is 23.4 Å². The average Bonchev–Trinajstić information content (AvgIpc) is 2.88. The number of amides is 3. The molecule has 0 aromatic carbocycles. The minimum Gasteiger partial charge on any atom is -0.325 e. The third-order valence-corrected chi connectivity index (χ3v) is 5.36. The van der Waals surface area contributed by atoms with Gasteiger partial charge in [0.15, 0.2) is 0 Å². The molecule has 2 fully saturated rings. The van der Waals surface area contributed by atoms with Crippen LogP contribution in [0.15, 0.2) is 36.7 Å². The van der Waals surface area contributed by atoms with Gasteiger partial charge in [0, 0.05) is 19.2 Å². The summed E-state index contributed by atoms with van der Waals surface area (Å²) in [4.78, 5) is 42.6. The van der Waals surface area contributed by atoms with Crippen molar-refractivity contribution in [2.75, 3.05) is 11.9 Å². The third-order valence-electron chi connectivity index (χ3n) is 5.36. The van der Waals surface area contributed by atoms with Crippen molar-refractivity contribution < 1.29 is 14.4 Å². The summed E-state index contributed by atoms with van der Waals surface area (Å²) >= 11 is 0. The van der Waals surface area contributed by atoms with Gasteiger partial charge in [0.2, 0.25) is 17.7 Å². The predicted octanol–water partition coefficient (Wildman–Crippen LogP) is 1.61. The van der Waals surface area contributed by atoms with E-state index in [0.717, 1.165) is 12.8 Å². The zero-order valence-electron chi connectivity index (χ0n) is 13.2. The fraction of sp³-hybridized carbons (Fsp3) is 0.444. The summed E-state index contributed by atoms with van der Waals surface area (Å²) in [6.45, 7) is 0.149. The molecule has 6 nitrogen and oxygen atoms in total. The van der Waals surface area contributed by atoms with Crippen molar-refractivity contribution in [3.63, 3.8) is 0 Å². The molecule has 4 aliphatic rings. The summed E-state index contributed by atoms with van der Waals surface area (Å²) in [6.07, 6.45) is 9.45. The van der Waals surface area contributed by atoms with E-state index in [1.807, 2.05) is 0 Å². The van der Waals surface area contributed by atoms with E-state index in [2.05, 4.69) is 22.5 Å². The van der Waals surface area contributed by atoms with Gasteiger partial charge in [-0.1, -0.05) is 12.2 Å². The van der Waals surface area contributed by atoms with Crippen LogP contribution < -0.4 is 5.32 Å². The lowest BCUT2D eigenvalue weighted by Gasteiger charge is -2.38. The highest BCUT2D eigenvalue weighted by Crippen LogP contribution is 2.49. The number of carbonyl (C=O) groups excluding carboxylic acids is 3. The Hall–Kier alpha value is -2.50. The van der Waals surface area contributed by atoms with E-state index in [-0.39, 0.29) is 54.4 Å². The molecular formula is C18H19N3O3. The molecular weight excluding hydrogens is 306 g/mol. The lowest BCUT2D eigenvalue weighted by Crippen LogP contribution is -2.38. The van der Waals surface area contributed by atoms with E-state index >= 15 is 0 Å². The maximum Gasteiger partial charge on any atom is 0.233 e. The van der Waals surface area contributed by atoms with Gasteiger partial charge in [0.05, 0.1) is 23.7 Å². The van der Waals surface area contributed by atoms with Gasteiger partial charge in [-0.2, -0.15) is 0 Å². The number of imide groups is 1. The molecule has 3 amide bonds. The Bertz CT molecular complexity index is 683. The summed E-state index contributed by atoms with van der Waals surface area (Å²) in [5, 5.41) is 2.73. The summed E-state index contributed by atoms with van der Waals surface area (Å²) in [5.74, 6) is -0.461. The van der Waals surface area contributed by atoms with Gasteiger partial charge in [0.25, 0.3) is 0 Å². The number of likely N-dealkylation sites (tertiary alicyclic amines) is 1. The molecule has 0 spiro atoms. The molecule has 6 heteroatoms. The highest BCUT2D eigenvalue weighted by Gasteiger charge is 2.56. The van der Waals surface area contributed by atoms with Crippen LogP contribution in [0.2, 0.25) is 0 Å². The second kappa shape index (κ2) is 5.85. The quantitative estimate of drug-likeness (QED) is 0.674. The van der Waals surface area contributed by atoms with Crippen molar-refractivity contribution in [1.29, 1.82) is 0 Å². The minimum atomic E-state index is -0.223. The first-order valence-electron chi connectivity index (χ1n) is 8.38. The lowest BCUT2D eigenvalue weighted by atomic mass is 9.63. The fourth-order valence-electron chi connectivity index (χ4n) is 4.23. The Balaban J connectivity index is 1.40. The second-order valence-electron chi connectivity index (χ2n) is 6.71. The maximum absolute atomic E-state index is 12.6. The molecule has 1 aromatic heterocycles. The zero-order valence-corrected chi connectivity index (χ0v) is 13.2. The maximum atomic E-state index is 12.6. The topological polar surface area (TPSA) is 79.4 Å². The molecule has 24 heavy (non-hydrogen) atoms. The van der Waals surface area contributed by atoms with Crippen LogP contribution in [0.5, 0.6) is 0 Å². The van der Waals surface area contributed by atoms with Crippen LogP contribution in [-0.2, 0) is 14.4 Å². The van der Waals surface area contributed by atoms with Crippen LogP contribution in [-0.4, -0.2) is 34.2 Å². The number of nitrogens with one attached hydrogen (secondary N) is 1. The Labute approximate surface area is 139 Å². The van der Waals surface area contributed by atoms with E-state index in [0.29, 0.717) is 5.69 Å². The molecule has 2 heterocycles. The SMILES string of the molecule is O=C(CCN1C(=O)[C@@H]2[C@H](C1=O)[C@H]1C=C[C@H]2CC1)Nc1cccnc1. The Morgan fingerprint density at radius 3 is 2.38 bits per heavy atom. The number of anilines is 1. The van der Waals surface area contributed by atoms with E-state index in [9.17, 15) is 14.4 Å². The summed E-state index contributed by atoms with van der Waals surface area (Å²) in [7, 11) is 0. The predicted molar refractivity (Wildman–Crippen MR) is 86.5 cm³/mol. The summed E-state index contributed by atoms with van der Waals surface area (Å²) in [5.41, 5.74) is 0.609. The number of allylic oxidation sites excluding steroid dienone is 2. The van der Waals surface area contributed by atoms with E-state index in [1.165, 1.54) is 4.90 Å². The van der Waals surface area contributed by atoms with E-state index in [4.69, 9.17) is 0 Å². The van der Waals surface area contributed by atoms with Gasteiger partial charge in [0.1, 0.15) is 0 Å². The molecule has 0 unspecified atom stereocenters. The molecule has 1 N–H and O–H groups in total. The van der Waals surface area contributed by atoms with Crippen molar-refractivity contribution in [1.82, 2.24) is 9.88 Å². The number of nitrogens with zero attached hydrogens (tertiary/aromatic N) is 2. The first-order chi connectivity index (χ1) is 11.6. The summed E-state index contributed by atoms with van der Waals surface area (Å²) in [6, 6.07) is 3.48. The van der Waals surface area contributed by atoms with Crippen molar-refractivity contribution in [2.24, 2.45) is 23.7 Å². The average molecular weight is 325 g/mol. The fourth-order valence-corrected chi connectivity index (χ4v) is 4.23. The van der Waals surface area contributed by atoms with Crippen LogP contribution in [0.4, 0.5) is 5.69 Å². The largest absolute Gasteiger partial charge is 0.325 e. The second-order valence-corrected chi connectivity index (χ2v) is 6.71. The van der Waals surface area contributed by atoms with Crippen LogP contribution in [0, 0.1) is 23.7 Å². The zero-order chi connectivity index (χ0) is 16.7. The van der Waals surface area contributed by atoms with Gasteiger partial charge in [-0.3, -0.25) is 24.3 Å². The first kappa shape index (κ1) is 15.1. The van der Waals surface area contributed by atoms with Gasteiger partial charge >= 0.3 is 0 Å². The monoisotopic (exact) mass is 325 g/mol. The number of hydrogen-bond acceptors (Lipinski definition) is 4. The summed E-state index contributed by atoms with van der Waals surface area (Å²) < 4.78 is 0. The molecule has 3 aliphatic carbocycles. The minimum absolute atomic E-state index is 0.0989. The molecule has 4 atom stereocenters. The third kappa shape index (κ3) is 2.42. The molecule has 124 valence electrons. The Morgan fingerprint density at radius 2 is 1.83 bits per heavy atom. The smallest absolute Gasteiger partial charge is 0.233 e. The Kier molecular flexibility index (Phi) is 3.67. The molecule has 1 saturated carbocycles. The number of fused-ring (bicyclic) bond motifs is 1. The molecule has 1 aromatic rings. The van der Waals surface area contributed by atoms with Crippen molar-refractivity contribution in [3.8, 4) is 0 Å². The van der Waals surface area contributed by atoms with Gasteiger partial charge in [-0.05, 0) is 36.8 Å². The molecule has 1 saturated heterocycles. The highest BCUT2D eigenvalue weighted by molar-refractivity contribution is 6.06. The van der Waals surface area contributed by atoms with Crippen molar-refractivity contribution in [3.05, 3.63) is 36.7 Å². The number of pyridine rings is 1. The van der Waals surface area contributed by atoms with Gasteiger partial charge in [-0.15, -0.1) is 0 Å².